The lowest BCUT2D eigenvalue weighted by atomic mass is 10.0. The number of rotatable bonds is 4. The highest BCUT2D eigenvalue weighted by Gasteiger charge is 2.34. The van der Waals surface area contributed by atoms with Crippen LogP contribution in [-0.2, 0) is 28.7 Å². The van der Waals surface area contributed by atoms with Gasteiger partial charge in [0.1, 0.15) is 0 Å². The highest BCUT2D eigenvalue weighted by Crippen LogP contribution is 2.36. The molecular formula is C19H25N3O4S. The van der Waals surface area contributed by atoms with E-state index in [0.717, 1.165) is 32.1 Å². The lowest BCUT2D eigenvalue weighted by Gasteiger charge is -2.23. The Morgan fingerprint density at radius 2 is 1.59 bits per heavy atom. The summed E-state index contributed by atoms with van der Waals surface area (Å²) in [5, 5.41) is 2.39. The van der Waals surface area contributed by atoms with Crippen molar-refractivity contribution < 1.29 is 13.2 Å². The summed E-state index contributed by atoms with van der Waals surface area (Å²) in [6.45, 7) is 0. The molecule has 1 heterocycles. The van der Waals surface area contributed by atoms with Crippen LogP contribution in [0.4, 0.5) is 5.69 Å². The van der Waals surface area contributed by atoms with Crippen molar-refractivity contribution in [2.45, 2.75) is 55.1 Å². The topological polar surface area (TPSA) is 90.2 Å². The maximum absolute atomic E-state index is 13.4. The minimum Gasteiger partial charge on any atom is -0.325 e. The van der Waals surface area contributed by atoms with Gasteiger partial charge in [-0.15, -0.1) is 0 Å². The smallest absolute Gasteiger partial charge is 0.325 e. The van der Waals surface area contributed by atoms with Gasteiger partial charge in [-0.1, -0.05) is 19.3 Å². The van der Waals surface area contributed by atoms with Crippen LogP contribution in [0.25, 0.3) is 11.0 Å². The predicted molar refractivity (Wildman–Crippen MR) is 104 cm³/mol. The number of hydrogen-bond acceptors (Lipinski definition) is 4. The van der Waals surface area contributed by atoms with Crippen molar-refractivity contribution in [3.8, 4) is 0 Å². The maximum atomic E-state index is 13.4. The lowest BCUT2D eigenvalue weighted by Crippen LogP contribution is -2.26. The van der Waals surface area contributed by atoms with Gasteiger partial charge < -0.3 is 5.32 Å². The molecule has 4 rings (SSSR count). The number of carbonyl (C=O) groups excluding carboxylic acids is 1. The van der Waals surface area contributed by atoms with Crippen LogP contribution in [0.15, 0.2) is 21.8 Å². The number of carbonyl (C=O) groups is 1. The monoisotopic (exact) mass is 391 g/mol. The molecule has 146 valence electrons. The second-order valence-electron chi connectivity index (χ2n) is 7.81. The summed E-state index contributed by atoms with van der Waals surface area (Å²) >= 11 is 0. The van der Waals surface area contributed by atoms with Crippen molar-refractivity contribution in [2.75, 3.05) is 5.32 Å². The largest absolute Gasteiger partial charge is 0.328 e. The molecule has 0 bridgehead atoms. The minimum absolute atomic E-state index is 0.0366. The van der Waals surface area contributed by atoms with Crippen molar-refractivity contribution in [3.63, 3.8) is 0 Å². The summed E-state index contributed by atoms with van der Waals surface area (Å²) in [6.07, 6.45) is 5.82. The third-order valence-corrected chi connectivity index (χ3v) is 8.18. The molecule has 1 N–H and O–H groups in total. The van der Waals surface area contributed by atoms with E-state index in [1.165, 1.54) is 9.13 Å². The van der Waals surface area contributed by atoms with Crippen molar-refractivity contribution in [2.24, 2.45) is 20.0 Å². The van der Waals surface area contributed by atoms with Crippen LogP contribution in [0.3, 0.4) is 0 Å². The van der Waals surface area contributed by atoms with Crippen LogP contribution in [0.2, 0.25) is 0 Å². The van der Waals surface area contributed by atoms with E-state index in [4.69, 9.17) is 0 Å². The van der Waals surface area contributed by atoms with Gasteiger partial charge in [-0.2, -0.15) is 0 Å². The normalized spacial score (nSPS) is 18.7. The van der Waals surface area contributed by atoms with Gasteiger partial charge in [-0.25, -0.2) is 13.2 Å². The third kappa shape index (κ3) is 3.09. The van der Waals surface area contributed by atoms with Gasteiger partial charge in [-0.3, -0.25) is 13.9 Å². The number of fused-ring (bicyclic) bond motifs is 1. The molecule has 2 aliphatic carbocycles. The number of anilines is 1. The fourth-order valence-electron chi connectivity index (χ4n) is 3.99. The van der Waals surface area contributed by atoms with Crippen LogP contribution in [0, 0.1) is 5.92 Å². The van der Waals surface area contributed by atoms with Crippen molar-refractivity contribution in [1.82, 2.24) is 9.13 Å². The van der Waals surface area contributed by atoms with Gasteiger partial charge in [0.05, 0.1) is 26.9 Å². The number of benzene rings is 1. The first-order chi connectivity index (χ1) is 12.8. The highest BCUT2D eigenvalue weighted by molar-refractivity contribution is 7.92. The number of imidazole rings is 1. The fourth-order valence-corrected chi connectivity index (χ4v) is 6.00. The molecule has 0 radical (unpaired) electrons. The first kappa shape index (κ1) is 18.3. The molecule has 1 aromatic carbocycles. The van der Waals surface area contributed by atoms with Gasteiger partial charge in [-0.05, 0) is 37.8 Å². The first-order valence-corrected chi connectivity index (χ1v) is 11.1. The van der Waals surface area contributed by atoms with Crippen LogP contribution in [-0.4, -0.2) is 28.7 Å². The first-order valence-electron chi connectivity index (χ1n) is 9.55. The Hall–Kier alpha value is -2.09. The van der Waals surface area contributed by atoms with Gasteiger partial charge in [0, 0.05) is 20.0 Å². The molecule has 0 unspecified atom stereocenters. The molecule has 1 aromatic heterocycles. The number of aromatic nitrogens is 2. The van der Waals surface area contributed by atoms with Crippen molar-refractivity contribution in [3.05, 3.63) is 22.6 Å². The fraction of sp³-hybridized carbons (Fsp3) is 0.579. The Morgan fingerprint density at radius 3 is 2.19 bits per heavy atom. The molecule has 1 amide bonds. The quantitative estimate of drug-likeness (QED) is 0.866. The van der Waals surface area contributed by atoms with E-state index in [2.05, 4.69) is 5.32 Å². The number of hydrogen-bond donors (Lipinski definition) is 1. The molecule has 0 atom stereocenters. The summed E-state index contributed by atoms with van der Waals surface area (Å²) in [5.41, 5.74) is 1.24. The van der Waals surface area contributed by atoms with Gasteiger partial charge in [0.25, 0.3) is 0 Å². The van der Waals surface area contributed by atoms with E-state index in [9.17, 15) is 18.0 Å². The van der Waals surface area contributed by atoms with Gasteiger partial charge in [0.2, 0.25) is 5.91 Å². The summed E-state index contributed by atoms with van der Waals surface area (Å²) in [4.78, 5) is 24.8. The summed E-state index contributed by atoms with van der Waals surface area (Å²) in [5.74, 6) is -0.180. The molecule has 2 aromatic rings. The Balaban J connectivity index is 1.88. The van der Waals surface area contributed by atoms with Crippen LogP contribution in [0.1, 0.15) is 44.9 Å². The molecule has 0 aliphatic heterocycles. The van der Waals surface area contributed by atoms with E-state index < -0.39 is 15.1 Å². The molecule has 0 spiro atoms. The van der Waals surface area contributed by atoms with Crippen LogP contribution < -0.4 is 11.0 Å². The predicted octanol–water partition coefficient (Wildman–Crippen LogP) is 2.33. The van der Waals surface area contributed by atoms with Crippen LogP contribution in [0.5, 0.6) is 0 Å². The molecule has 0 saturated heterocycles. The average molecular weight is 391 g/mol. The SMILES string of the molecule is Cn1c(=O)n(C)c2cc(S(=O)(=O)C3CCCCC3)c(NC(=O)C3CC3)cc21. The highest BCUT2D eigenvalue weighted by atomic mass is 32.2. The van der Waals surface area contributed by atoms with Crippen molar-refractivity contribution >= 4 is 32.5 Å². The Bertz CT molecular complexity index is 1070. The van der Waals surface area contributed by atoms with E-state index in [1.54, 1.807) is 26.2 Å². The number of nitrogens with zero attached hydrogens (tertiary/aromatic N) is 2. The van der Waals surface area contributed by atoms with Gasteiger partial charge >= 0.3 is 5.69 Å². The molecule has 27 heavy (non-hydrogen) atoms. The Kier molecular flexibility index (Phi) is 4.41. The summed E-state index contributed by atoms with van der Waals surface area (Å²) in [6, 6.07) is 3.19. The lowest BCUT2D eigenvalue weighted by molar-refractivity contribution is -0.117. The number of sulfone groups is 1. The summed E-state index contributed by atoms with van der Waals surface area (Å²) < 4.78 is 29.7. The number of nitrogens with one attached hydrogen (secondary N) is 1. The van der Waals surface area contributed by atoms with E-state index in [0.29, 0.717) is 29.6 Å². The summed E-state index contributed by atoms with van der Waals surface area (Å²) in [7, 11) is -0.320. The van der Waals surface area contributed by atoms with Crippen LogP contribution >= 0.6 is 0 Å². The van der Waals surface area contributed by atoms with E-state index >= 15 is 0 Å². The zero-order valence-corrected chi connectivity index (χ0v) is 16.5. The average Bonchev–Trinajstić information content (AvgIpc) is 3.49. The second-order valence-corrected chi connectivity index (χ2v) is 10.0. The number of amides is 1. The molecule has 8 heteroatoms. The van der Waals surface area contributed by atoms with Gasteiger partial charge in [0.15, 0.2) is 9.84 Å². The zero-order chi connectivity index (χ0) is 19.3. The molecule has 2 aliphatic rings. The molecular weight excluding hydrogens is 366 g/mol. The molecule has 2 saturated carbocycles. The molecule has 2 fully saturated rings. The number of aryl methyl sites for hydroxylation is 2. The minimum atomic E-state index is -3.59. The Labute approximate surface area is 158 Å². The van der Waals surface area contributed by atoms with E-state index in [-0.39, 0.29) is 22.4 Å². The molecule has 7 nitrogen and oxygen atoms in total. The third-order valence-electron chi connectivity index (χ3n) is 5.88. The standard InChI is InChI=1S/C19H25N3O4S/c1-21-15-10-14(20-18(23)12-8-9-12)17(11-16(15)22(2)19(21)24)27(25,26)13-6-4-3-5-7-13/h10-13H,3-9H2,1-2H3,(H,20,23). The van der Waals surface area contributed by atoms with Crippen molar-refractivity contribution in [1.29, 1.82) is 0 Å². The maximum Gasteiger partial charge on any atom is 0.328 e. The van der Waals surface area contributed by atoms with E-state index in [1.807, 2.05) is 0 Å². The second kappa shape index (κ2) is 6.51. The Morgan fingerprint density at radius 1 is 1.00 bits per heavy atom. The zero-order valence-electron chi connectivity index (χ0n) is 15.7.